The Balaban J connectivity index is 2.88. The summed E-state index contributed by atoms with van der Waals surface area (Å²) in [5.41, 5.74) is 0.722. The fourth-order valence-electron chi connectivity index (χ4n) is 2.02. The van der Waals surface area contributed by atoms with Crippen LogP contribution in [0.5, 0.6) is 0 Å². The van der Waals surface area contributed by atoms with Gasteiger partial charge in [-0.05, 0) is 57.7 Å². The average molecular weight is 269 g/mol. The summed E-state index contributed by atoms with van der Waals surface area (Å²) < 4.78 is 27.9. The van der Waals surface area contributed by atoms with Crippen LogP contribution in [0.15, 0.2) is 12.1 Å². The molecule has 0 saturated carbocycles. The van der Waals surface area contributed by atoms with E-state index in [2.05, 4.69) is 26.1 Å². The largest absolute Gasteiger partial charge is 0.312 e. The summed E-state index contributed by atoms with van der Waals surface area (Å²) in [6.45, 7) is 12.6. The Morgan fingerprint density at radius 3 is 2.26 bits per heavy atom. The molecule has 0 fully saturated rings. The summed E-state index contributed by atoms with van der Waals surface area (Å²) in [4.78, 5) is 0. The van der Waals surface area contributed by atoms with Crippen molar-refractivity contribution in [3.8, 4) is 0 Å². The van der Waals surface area contributed by atoms with Gasteiger partial charge < -0.3 is 5.32 Å². The second kappa shape index (κ2) is 6.00. The van der Waals surface area contributed by atoms with E-state index in [4.69, 9.17) is 0 Å². The van der Waals surface area contributed by atoms with Crippen molar-refractivity contribution in [1.29, 1.82) is 0 Å². The molecule has 0 radical (unpaired) electrons. The molecule has 0 aromatic heterocycles. The normalized spacial score (nSPS) is 15.4. The first-order chi connectivity index (χ1) is 8.63. The van der Waals surface area contributed by atoms with Gasteiger partial charge in [-0.1, -0.05) is 19.9 Å². The predicted molar refractivity (Wildman–Crippen MR) is 76.4 cm³/mol. The molecule has 108 valence electrons. The second-order valence-corrected chi connectivity index (χ2v) is 6.49. The zero-order valence-electron chi connectivity index (χ0n) is 12.8. The van der Waals surface area contributed by atoms with Gasteiger partial charge in [-0.3, -0.25) is 0 Å². The van der Waals surface area contributed by atoms with Gasteiger partial charge in [0.25, 0.3) is 0 Å². The second-order valence-electron chi connectivity index (χ2n) is 6.49. The van der Waals surface area contributed by atoms with Crippen LogP contribution in [-0.4, -0.2) is 12.1 Å². The number of hydrogen-bond acceptors (Lipinski definition) is 1. The van der Waals surface area contributed by atoms with Crippen LogP contribution in [0.3, 0.4) is 0 Å². The average Bonchev–Trinajstić information content (AvgIpc) is 2.30. The van der Waals surface area contributed by atoms with Crippen molar-refractivity contribution >= 4 is 0 Å². The van der Waals surface area contributed by atoms with Crippen molar-refractivity contribution in [2.75, 3.05) is 6.54 Å². The van der Waals surface area contributed by atoms with E-state index >= 15 is 0 Å². The third-order valence-corrected chi connectivity index (χ3v) is 3.58. The number of benzene rings is 1. The van der Waals surface area contributed by atoms with Gasteiger partial charge in [-0.2, -0.15) is 0 Å². The highest BCUT2D eigenvalue weighted by Gasteiger charge is 2.23. The maximum atomic E-state index is 14.1. The number of aryl methyl sites for hydroxylation is 1. The first-order valence-corrected chi connectivity index (χ1v) is 6.83. The summed E-state index contributed by atoms with van der Waals surface area (Å²) in [5, 5.41) is 3.38. The first kappa shape index (κ1) is 16.1. The van der Waals surface area contributed by atoms with Crippen LogP contribution in [-0.2, 0) is 0 Å². The number of hydrogen-bond donors (Lipinski definition) is 1. The molecule has 0 saturated heterocycles. The lowest BCUT2D eigenvalue weighted by Gasteiger charge is -2.27. The minimum Gasteiger partial charge on any atom is -0.312 e. The highest BCUT2D eigenvalue weighted by atomic mass is 19.1. The number of nitrogens with one attached hydrogen (secondary N) is 1. The molecule has 1 aromatic rings. The fraction of sp³-hybridized carbons (Fsp3) is 0.625. The maximum Gasteiger partial charge on any atom is 0.132 e. The van der Waals surface area contributed by atoms with Crippen LogP contribution < -0.4 is 5.32 Å². The van der Waals surface area contributed by atoms with Gasteiger partial charge in [0.1, 0.15) is 11.6 Å². The van der Waals surface area contributed by atoms with E-state index in [9.17, 15) is 8.78 Å². The van der Waals surface area contributed by atoms with E-state index in [0.717, 1.165) is 6.54 Å². The van der Waals surface area contributed by atoms with E-state index in [1.807, 2.05) is 13.8 Å². The highest BCUT2D eigenvalue weighted by Crippen LogP contribution is 2.30. The van der Waals surface area contributed by atoms with Crippen LogP contribution in [0.1, 0.15) is 51.7 Å². The minimum atomic E-state index is -0.446. The van der Waals surface area contributed by atoms with E-state index in [0.29, 0.717) is 5.56 Å². The smallest absolute Gasteiger partial charge is 0.132 e. The Morgan fingerprint density at radius 1 is 1.16 bits per heavy atom. The highest BCUT2D eigenvalue weighted by molar-refractivity contribution is 5.29. The van der Waals surface area contributed by atoms with E-state index in [1.165, 1.54) is 12.1 Å². The lowest BCUT2D eigenvalue weighted by atomic mass is 9.86. The van der Waals surface area contributed by atoms with E-state index in [-0.39, 0.29) is 22.9 Å². The van der Waals surface area contributed by atoms with E-state index in [1.54, 1.807) is 6.92 Å². The fourth-order valence-corrected chi connectivity index (χ4v) is 2.02. The van der Waals surface area contributed by atoms with Crippen LogP contribution in [0.4, 0.5) is 8.78 Å². The van der Waals surface area contributed by atoms with Gasteiger partial charge in [0, 0.05) is 11.1 Å². The van der Waals surface area contributed by atoms with Crippen molar-refractivity contribution in [3.05, 3.63) is 34.9 Å². The number of rotatable bonds is 4. The SMILES string of the molecule is Cc1ccc(F)c(C(C)C(C)CNC(C)(C)C)c1F. The topological polar surface area (TPSA) is 12.0 Å². The molecule has 19 heavy (non-hydrogen) atoms. The Kier molecular flexibility index (Phi) is 5.08. The van der Waals surface area contributed by atoms with Gasteiger partial charge in [0.05, 0.1) is 0 Å². The third-order valence-electron chi connectivity index (χ3n) is 3.58. The van der Waals surface area contributed by atoms with Crippen LogP contribution in [0.25, 0.3) is 0 Å². The molecule has 1 rings (SSSR count). The number of halogens is 2. The van der Waals surface area contributed by atoms with E-state index < -0.39 is 11.6 Å². The Labute approximate surface area is 115 Å². The van der Waals surface area contributed by atoms with Crippen molar-refractivity contribution in [3.63, 3.8) is 0 Å². The lowest BCUT2D eigenvalue weighted by Crippen LogP contribution is -2.39. The summed E-state index contributed by atoms with van der Waals surface area (Å²) in [7, 11) is 0. The summed E-state index contributed by atoms with van der Waals surface area (Å²) in [6.07, 6.45) is 0. The molecule has 1 nitrogen and oxygen atoms in total. The minimum absolute atomic E-state index is 0.0116. The summed E-state index contributed by atoms with van der Waals surface area (Å²) in [5.74, 6) is -0.854. The Morgan fingerprint density at radius 2 is 1.74 bits per heavy atom. The summed E-state index contributed by atoms with van der Waals surface area (Å²) >= 11 is 0. The Hall–Kier alpha value is -0.960. The molecule has 1 aromatic carbocycles. The monoisotopic (exact) mass is 269 g/mol. The molecule has 2 atom stereocenters. The molecular formula is C16H25F2N. The molecular weight excluding hydrogens is 244 g/mol. The maximum absolute atomic E-state index is 14.1. The molecule has 0 aliphatic heterocycles. The van der Waals surface area contributed by atoms with Crippen molar-refractivity contribution in [1.82, 2.24) is 5.32 Å². The zero-order valence-corrected chi connectivity index (χ0v) is 12.8. The van der Waals surface area contributed by atoms with Crippen molar-refractivity contribution in [2.45, 2.75) is 53.0 Å². The van der Waals surface area contributed by atoms with Crippen LogP contribution >= 0.6 is 0 Å². The molecule has 1 N–H and O–H groups in total. The lowest BCUT2D eigenvalue weighted by molar-refractivity contribution is 0.350. The standard InChI is InChI=1S/C16H25F2N/c1-10-7-8-13(17)14(15(10)18)12(3)11(2)9-19-16(4,5)6/h7-8,11-12,19H,9H2,1-6H3. The van der Waals surface area contributed by atoms with Gasteiger partial charge >= 0.3 is 0 Å². The quantitative estimate of drug-likeness (QED) is 0.854. The van der Waals surface area contributed by atoms with Crippen molar-refractivity contribution in [2.24, 2.45) is 5.92 Å². The van der Waals surface area contributed by atoms with Gasteiger partial charge in [-0.15, -0.1) is 0 Å². The Bertz CT molecular complexity index is 435. The molecule has 3 heteroatoms. The zero-order chi connectivity index (χ0) is 14.8. The molecule has 0 amide bonds. The first-order valence-electron chi connectivity index (χ1n) is 6.83. The van der Waals surface area contributed by atoms with Gasteiger partial charge in [-0.25, -0.2) is 8.78 Å². The third kappa shape index (κ3) is 4.27. The summed E-state index contributed by atoms with van der Waals surface area (Å²) in [6, 6.07) is 2.84. The predicted octanol–water partition coefficient (Wildman–Crippen LogP) is 4.40. The van der Waals surface area contributed by atoms with Gasteiger partial charge in [0.15, 0.2) is 0 Å². The molecule has 0 spiro atoms. The molecule has 0 heterocycles. The van der Waals surface area contributed by atoms with Gasteiger partial charge in [0.2, 0.25) is 0 Å². The molecule has 0 aliphatic rings. The van der Waals surface area contributed by atoms with Crippen LogP contribution in [0, 0.1) is 24.5 Å². The molecule has 2 unspecified atom stereocenters. The molecule has 0 bridgehead atoms. The van der Waals surface area contributed by atoms with Crippen molar-refractivity contribution < 1.29 is 8.78 Å². The molecule has 0 aliphatic carbocycles. The van der Waals surface area contributed by atoms with Crippen LogP contribution in [0.2, 0.25) is 0 Å².